The number of hydrogen-bond donors (Lipinski definition) is 1. The average molecular weight is 386 g/mol. The third-order valence-corrected chi connectivity index (χ3v) is 4.09. The van der Waals surface area contributed by atoms with Gasteiger partial charge in [-0.05, 0) is 52.0 Å². The van der Waals surface area contributed by atoms with E-state index in [0.29, 0.717) is 5.92 Å². The van der Waals surface area contributed by atoms with E-state index in [9.17, 15) is 0 Å². The van der Waals surface area contributed by atoms with Crippen LogP contribution in [0.4, 0.5) is 5.82 Å². The number of benzene rings is 1. The van der Waals surface area contributed by atoms with Crippen LogP contribution in [0.1, 0.15) is 38.7 Å². The van der Waals surface area contributed by atoms with Crippen LogP contribution in [-0.2, 0) is 0 Å². The first kappa shape index (κ1) is 14.8. The van der Waals surface area contributed by atoms with Gasteiger partial charge in [-0.2, -0.15) is 0 Å². The van der Waals surface area contributed by atoms with Gasteiger partial charge in [0.2, 0.25) is 0 Å². The maximum absolute atomic E-state index is 4.80. The molecule has 19 heavy (non-hydrogen) atoms. The van der Waals surface area contributed by atoms with Crippen molar-refractivity contribution in [3.63, 3.8) is 0 Å². The Hall–Kier alpha value is -0.610. The van der Waals surface area contributed by atoms with Crippen LogP contribution in [-0.4, -0.2) is 11.5 Å². The highest BCUT2D eigenvalue weighted by Crippen LogP contribution is 2.32. The van der Waals surface area contributed by atoms with Crippen LogP contribution in [0, 0.1) is 0 Å². The van der Waals surface area contributed by atoms with Crippen LogP contribution in [0.25, 0.3) is 10.9 Å². The first-order chi connectivity index (χ1) is 9.02. The summed E-state index contributed by atoms with van der Waals surface area (Å²) in [5, 5.41) is 4.59. The molecule has 0 saturated heterocycles. The first-order valence-corrected chi connectivity index (χ1v) is 8.15. The predicted molar refractivity (Wildman–Crippen MR) is 90.0 cm³/mol. The van der Waals surface area contributed by atoms with Gasteiger partial charge in [-0.3, -0.25) is 0 Å². The topological polar surface area (TPSA) is 24.9 Å². The van der Waals surface area contributed by atoms with Crippen molar-refractivity contribution in [1.82, 2.24) is 4.98 Å². The summed E-state index contributed by atoms with van der Waals surface area (Å²) in [5.74, 6) is 1.46. The minimum Gasteiger partial charge on any atom is -0.370 e. The van der Waals surface area contributed by atoms with Crippen LogP contribution in [0.3, 0.4) is 0 Å². The number of hydrogen-bond acceptors (Lipinski definition) is 2. The lowest BCUT2D eigenvalue weighted by Gasteiger charge is -2.15. The van der Waals surface area contributed by atoms with Crippen molar-refractivity contribution in [1.29, 1.82) is 0 Å². The molecule has 1 aromatic carbocycles. The summed E-state index contributed by atoms with van der Waals surface area (Å²) < 4.78 is 2.09. The first-order valence-electron chi connectivity index (χ1n) is 6.56. The molecule has 0 fully saturated rings. The van der Waals surface area contributed by atoms with E-state index in [2.05, 4.69) is 70.1 Å². The number of aromatic nitrogens is 1. The molecule has 4 heteroatoms. The van der Waals surface area contributed by atoms with E-state index in [4.69, 9.17) is 4.98 Å². The predicted octanol–water partition coefficient (Wildman–Crippen LogP) is 5.71. The molecule has 0 aliphatic heterocycles. The van der Waals surface area contributed by atoms with Crippen LogP contribution in [0.5, 0.6) is 0 Å². The fourth-order valence-electron chi connectivity index (χ4n) is 2.05. The molecule has 2 nitrogen and oxygen atoms in total. The molecule has 0 unspecified atom stereocenters. The van der Waals surface area contributed by atoms with E-state index < -0.39 is 0 Å². The van der Waals surface area contributed by atoms with Crippen molar-refractivity contribution >= 4 is 48.6 Å². The van der Waals surface area contributed by atoms with E-state index in [1.807, 2.05) is 6.07 Å². The van der Waals surface area contributed by atoms with Crippen molar-refractivity contribution in [2.75, 3.05) is 11.9 Å². The van der Waals surface area contributed by atoms with Crippen LogP contribution < -0.4 is 5.32 Å². The van der Waals surface area contributed by atoms with Gasteiger partial charge < -0.3 is 5.32 Å². The molecule has 2 aromatic rings. The Labute approximate surface area is 131 Å². The summed E-state index contributed by atoms with van der Waals surface area (Å²) in [4.78, 5) is 4.80. The van der Waals surface area contributed by atoms with Gasteiger partial charge in [-0.25, -0.2) is 4.98 Å². The number of halogens is 2. The number of anilines is 1. The third-order valence-electron chi connectivity index (χ3n) is 3.03. The van der Waals surface area contributed by atoms with Crippen molar-refractivity contribution in [3.8, 4) is 0 Å². The Kier molecular flexibility index (Phi) is 4.85. The molecule has 2 rings (SSSR count). The van der Waals surface area contributed by atoms with Gasteiger partial charge in [0.05, 0.1) is 5.52 Å². The summed E-state index contributed by atoms with van der Waals surface area (Å²) in [7, 11) is 0. The Balaban J connectivity index is 2.62. The van der Waals surface area contributed by atoms with Gasteiger partial charge in [-0.1, -0.05) is 36.7 Å². The molecule has 0 radical (unpaired) electrons. The lowest BCUT2D eigenvalue weighted by Crippen LogP contribution is -2.06. The highest BCUT2D eigenvalue weighted by Gasteiger charge is 2.12. The summed E-state index contributed by atoms with van der Waals surface area (Å²) in [6, 6.07) is 6.39. The lowest BCUT2D eigenvalue weighted by atomic mass is 10.0. The van der Waals surface area contributed by atoms with Gasteiger partial charge in [0.15, 0.2) is 0 Å². The second kappa shape index (κ2) is 6.23. The SMILES string of the molecule is CCCNc1nc2c(Br)cc(Br)cc2cc1C(C)C. The van der Waals surface area contributed by atoms with E-state index in [-0.39, 0.29) is 0 Å². The number of rotatable bonds is 4. The fourth-order valence-corrected chi connectivity index (χ4v) is 3.40. The van der Waals surface area contributed by atoms with Gasteiger partial charge >= 0.3 is 0 Å². The van der Waals surface area contributed by atoms with E-state index >= 15 is 0 Å². The maximum Gasteiger partial charge on any atom is 0.130 e. The third kappa shape index (κ3) is 3.29. The highest BCUT2D eigenvalue weighted by atomic mass is 79.9. The Bertz CT molecular complexity index is 594. The molecular formula is C15H18Br2N2. The van der Waals surface area contributed by atoms with Gasteiger partial charge in [-0.15, -0.1) is 0 Å². The summed E-state index contributed by atoms with van der Waals surface area (Å²) in [5.41, 5.74) is 2.28. The molecule has 0 aliphatic rings. The van der Waals surface area contributed by atoms with Crippen molar-refractivity contribution in [2.24, 2.45) is 0 Å². The largest absolute Gasteiger partial charge is 0.370 e. The van der Waals surface area contributed by atoms with Crippen molar-refractivity contribution < 1.29 is 0 Å². The number of fused-ring (bicyclic) bond motifs is 1. The smallest absolute Gasteiger partial charge is 0.130 e. The Morgan fingerprint density at radius 2 is 1.95 bits per heavy atom. The molecular weight excluding hydrogens is 368 g/mol. The van der Waals surface area contributed by atoms with Gasteiger partial charge in [0.1, 0.15) is 5.82 Å². The molecule has 0 atom stereocenters. The lowest BCUT2D eigenvalue weighted by molar-refractivity contribution is 0.856. The van der Waals surface area contributed by atoms with Gasteiger partial charge in [0.25, 0.3) is 0 Å². The minimum absolute atomic E-state index is 0.453. The van der Waals surface area contributed by atoms with Crippen LogP contribution in [0.15, 0.2) is 27.1 Å². The zero-order valence-corrected chi connectivity index (χ0v) is 14.6. The second-order valence-electron chi connectivity index (χ2n) is 4.97. The zero-order valence-electron chi connectivity index (χ0n) is 11.4. The standard InChI is InChI=1S/C15H18Br2N2/c1-4-5-18-15-12(9(2)3)7-10-6-11(16)8-13(17)14(10)19-15/h6-9H,4-5H2,1-3H3,(H,18,19). The summed E-state index contributed by atoms with van der Waals surface area (Å²) >= 11 is 7.12. The summed E-state index contributed by atoms with van der Waals surface area (Å²) in [6.07, 6.45) is 1.10. The number of nitrogens with one attached hydrogen (secondary N) is 1. The molecule has 1 aromatic heterocycles. The molecule has 0 spiro atoms. The molecule has 1 heterocycles. The Morgan fingerprint density at radius 3 is 2.58 bits per heavy atom. The zero-order chi connectivity index (χ0) is 14.0. The number of nitrogens with zero attached hydrogens (tertiary/aromatic N) is 1. The van der Waals surface area contributed by atoms with Gasteiger partial charge in [0, 0.05) is 20.9 Å². The normalized spacial score (nSPS) is 11.3. The monoisotopic (exact) mass is 384 g/mol. The van der Waals surface area contributed by atoms with Crippen LogP contribution in [0.2, 0.25) is 0 Å². The number of pyridine rings is 1. The molecule has 0 saturated carbocycles. The van der Waals surface area contributed by atoms with E-state index in [0.717, 1.165) is 38.6 Å². The molecule has 0 aliphatic carbocycles. The van der Waals surface area contributed by atoms with Crippen LogP contribution >= 0.6 is 31.9 Å². The molecule has 0 amide bonds. The van der Waals surface area contributed by atoms with E-state index in [1.165, 1.54) is 5.56 Å². The molecule has 1 N–H and O–H groups in total. The molecule has 0 bridgehead atoms. The average Bonchev–Trinajstić information content (AvgIpc) is 2.35. The molecule has 102 valence electrons. The minimum atomic E-state index is 0.453. The fraction of sp³-hybridized carbons (Fsp3) is 0.400. The second-order valence-corrected chi connectivity index (χ2v) is 6.74. The van der Waals surface area contributed by atoms with Crippen molar-refractivity contribution in [2.45, 2.75) is 33.1 Å². The maximum atomic E-state index is 4.80. The summed E-state index contributed by atoms with van der Waals surface area (Å²) in [6.45, 7) is 7.52. The quantitative estimate of drug-likeness (QED) is 0.729. The van der Waals surface area contributed by atoms with E-state index in [1.54, 1.807) is 0 Å². The Morgan fingerprint density at radius 1 is 1.21 bits per heavy atom. The van der Waals surface area contributed by atoms with Crippen molar-refractivity contribution in [3.05, 3.63) is 32.7 Å². The highest BCUT2D eigenvalue weighted by molar-refractivity contribution is 9.11.